The summed E-state index contributed by atoms with van der Waals surface area (Å²) in [6.45, 7) is 6.35. The normalized spacial score (nSPS) is 15.7. The van der Waals surface area contributed by atoms with Gasteiger partial charge in [0.25, 0.3) is 5.91 Å². The van der Waals surface area contributed by atoms with Gasteiger partial charge in [0.05, 0.1) is 19.8 Å². The molecule has 166 valence electrons. The van der Waals surface area contributed by atoms with Crippen LogP contribution in [0, 0.1) is 20.8 Å². The molecule has 7 nitrogen and oxygen atoms in total. The van der Waals surface area contributed by atoms with Crippen LogP contribution in [0.1, 0.15) is 60.9 Å². The fraction of sp³-hybridized carbons (Fsp3) is 0.458. The van der Waals surface area contributed by atoms with E-state index >= 15 is 0 Å². The number of ether oxygens (including phenoxy) is 2. The van der Waals surface area contributed by atoms with E-state index in [0.29, 0.717) is 41.2 Å². The van der Waals surface area contributed by atoms with E-state index in [2.05, 4.69) is 0 Å². The topological polar surface area (TPSA) is 77.8 Å². The second-order valence-electron chi connectivity index (χ2n) is 8.04. The van der Waals surface area contributed by atoms with Crippen LogP contribution in [-0.2, 0) is 16.5 Å². The van der Waals surface area contributed by atoms with Crippen LogP contribution in [0.2, 0.25) is 0 Å². The molecule has 1 aromatic heterocycles. The van der Waals surface area contributed by atoms with Crippen molar-refractivity contribution in [1.29, 1.82) is 0 Å². The average Bonchev–Trinajstić information content (AvgIpc) is 3.33. The molecule has 2 aromatic rings. The molecule has 0 bridgehead atoms. The number of esters is 1. The highest BCUT2D eigenvalue weighted by atomic mass is 16.5. The van der Waals surface area contributed by atoms with Crippen LogP contribution in [0.25, 0.3) is 0 Å². The van der Waals surface area contributed by atoms with Gasteiger partial charge >= 0.3 is 5.97 Å². The third-order valence-electron chi connectivity index (χ3n) is 6.03. The van der Waals surface area contributed by atoms with Crippen molar-refractivity contribution in [3.05, 3.63) is 57.9 Å². The Labute approximate surface area is 182 Å². The monoisotopic (exact) mass is 426 g/mol. The highest BCUT2D eigenvalue weighted by molar-refractivity contribution is 6.06. The second-order valence-corrected chi connectivity index (χ2v) is 8.04. The van der Waals surface area contributed by atoms with Crippen LogP contribution in [0.5, 0.6) is 0 Å². The van der Waals surface area contributed by atoms with E-state index in [1.54, 1.807) is 36.4 Å². The molecule has 0 radical (unpaired) electrons. The molecule has 1 aliphatic heterocycles. The first-order chi connectivity index (χ1) is 14.8. The molecular formula is C24H30N2O5. The minimum atomic E-state index is -0.491. The predicted molar refractivity (Wildman–Crippen MR) is 117 cm³/mol. The van der Waals surface area contributed by atoms with E-state index in [1.807, 2.05) is 25.1 Å². The molecule has 1 saturated heterocycles. The van der Waals surface area contributed by atoms with E-state index in [9.17, 15) is 14.4 Å². The van der Waals surface area contributed by atoms with Gasteiger partial charge in [0.15, 0.2) is 5.78 Å². The molecule has 1 amide bonds. The first kappa shape index (κ1) is 22.7. The predicted octanol–water partition coefficient (Wildman–Crippen LogP) is 3.24. The van der Waals surface area contributed by atoms with Crippen molar-refractivity contribution in [2.45, 2.75) is 39.7 Å². The molecule has 2 heterocycles. The van der Waals surface area contributed by atoms with Crippen LogP contribution in [0.3, 0.4) is 0 Å². The van der Waals surface area contributed by atoms with Crippen LogP contribution in [-0.4, -0.2) is 60.0 Å². The number of nitrogens with zero attached hydrogens (tertiary/aromatic N) is 2. The highest BCUT2D eigenvalue weighted by Gasteiger charge is 2.30. The van der Waals surface area contributed by atoms with Crippen molar-refractivity contribution in [2.24, 2.45) is 7.05 Å². The van der Waals surface area contributed by atoms with E-state index in [0.717, 1.165) is 18.4 Å². The van der Waals surface area contributed by atoms with Gasteiger partial charge in [-0.05, 0) is 50.8 Å². The summed E-state index contributed by atoms with van der Waals surface area (Å²) in [6.07, 6.45) is 1.73. The summed E-state index contributed by atoms with van der Waals surface area (Å²) in [6, 6.07) is 7.36. The summed E-state index contributed by atoms with van der Waals surface area (Å²) in [4.78, 5) is 40.5. The third-order valence-corrected chi connectivity index (χ3v) is 6.03. The summed E-state index contributed by atoms with van der Waals surface area (Å²) >= 11 is 0. The Kier molecular flexibility index (Phi) is 6.95. The third kappa shape index (κ3) is 4.56. The van der Waals surface area contributed by atoms with Gasteiger partial charge in [-0.15, -0.1) is 0 Å². The van der Waals surface area contributed by atoms with Crippen molar-refractivity contribution in [2.75, 3.05) is 26.8 Å². The Morgan fingerprint density at radius 3 is 2.52 bits per heavy atom. The summed E-state index contributed by atoms with van der Waals surface area (Å²) in [5, 5.41) is 0. The fourth-order valence-electron chi connectivity index (χ4n) is 4.26. The number of benzene rings is 1. The minimum absolute atomic E-state index is 0.0793. The molecule has 0 spiro atoms. The van der Waals surface area contributed by atoms with Gasteiger partial charge in [0.1, 0.15) is 5.69 Å². The van der Waals surface area contributed by atoms with Crippen LogP contribution < -0.4 is 0 Å². The molecule has 31 heavy (non-hydrogen) atoms. The summed E-state index contributed by atoms with van der Waals surface area (Å²) < 4.78 is 12.3. The lowest BCUT2D eigenvalue weighted by Crippen LogP contribution is -2.41. The number of aromatic nitrogens is 1. The SMILES string of the molecule is COC(=O)c1c(C)c(C(=O)CN(C[C@@H]2CCCO2)C(=O)c2ccccc2C)c(C)n1C. The molecule has 0 aliphatic carbocycles. The number of carbonyl (C=O) groups excluding carboxylic acids is 3. The van der Waals surface area contributed by atoms with Crippen molar-refractivity contribution >= 4 is 17.7 Å². The largest absolute Gasteiger partial charge is 0.464 e. The zero-order chi connectivity index (χ0) is 22.7. The van der Waals surface area contributed by atoms with Crippen LogP contribution in [0.15, 0.2) is 24.3 Å². The molecule has 0 unspecified atom stereocenters. The first-order valence-corrected chi connectivity index (χ1v) is 10.5. The Hall–Kier alpha value is -2.93. The Balaban J connectivity index is 1.92. The van der Waals surface area contributed by atoms with Crippen molar-refractivity contribution < 1.29 is 23.9 Å². The standard InChI is InChI=1S/C24H30N2O5/c1-15-9-6-7-11-19(15)23(28)26(13-18-10-8-12-31-18)14-20(27)21-16(2)22(24(29)30-5)25(4)17(21)3/h6-7,9,11,18H,8,10,12-14H2,1-5H3/t18-/m0/s1. The maximum atomic E-state index is 13.4. The summed E-state index contributed by atoms with van der Waals surface area (Å²) in [5.74, 6) is -0.892. The lowest BCUT2D eigenvalue weighted by Gasteiger charge is -2.26. The number of hydrogen-bond acceptors (Lipinski definition) is 5. The molecule has 1 aliphatic rings. The van der Waals surface area contributed by atoms with Gasteiger partial charge in [-0.3, -0.25) is 9.59 Å². The van der Waals surface area contributed by atoms with Gasteiger partial charge in [0, 0.05) is 37.0 Å². The average molecular weight is 427 g/mol. The van der Waals surface area contributed by atoms with Gasteiger partial charge < -0.3 is 18.9 Å². The first-order valence-electron chi connectivity index (χ1n) is 10.5. The molecule has 1 atom stereocenters. The van der Waals surface area contributed by atoms with Crippen molar-refractivity contribution in [1.82, 2.24) is 9.47 Å². The Morgan fingerprint density at radius 1 is 1.19 bits per heavy atom. The Bertz CT molecular complexity index is 1000. The van der Waals surface area contributed by atoms with E-state index < -0.39 is 5.97 Å². The molecule has 1 aromatic carbocycles. The molecule has 1 fully saturated rings. The maximum absolute atomic E-state index is 13.4. The quantitative estimate of drug-likeness (QED) is 0.502. The minimum Gasteiger partial charge on any atom is -0.464 e. The zero-order valence-electron chi connectivity index (χ0n) is 18.9. The molecule has 0 N–H and O–H groups in total. The number of ketones is 1. The van der Waals surface area contributed by atoms with Crippen molar-refractivity contribution in [3.8, 4) is 0 Å². The highest BCUT2D eigenvalue weighted by Crippen LogP contribution is 2.24. The number of aryl methyl sites for hydroxylation is 1. The maximum Gasteiger partial charge on any atom is 0.354 e. The lowest BCUT2D eigenvalue weighted by molar-refractivity contribution is 0.0505. The number of methoxy groups -OCH3 is 1. The number of hydrogen-bond donors (Lipinski definition) is 0. The fourth-order valence-corrected chi connectivity index (χ4v) is 4.26. The van der Waals surface area contributed by atoms with Gasteiger partial charge in [-0.25, -0.2) is 4.79 Å². The Morgan fingerprint density at radius 2 is 1.90 bits per heavy atom. The zero-order valence-corrected chi connectivity index (χ0v) is 18.9. The molecule has 0 saturated carbocycles. The van der Waals surface area contributed by atoms with Crippen LogP contribution >= 0.6 is 0 Å². The molecule has 7 heteroatoms. The molecule has 3 rings (SSSR count). The summed E-state index contributed by atoms with van der Waals surface area (Å²) in [5.41, 5.74) is 3.47. The second kappa shape index (κ2) is 9.47. The van der Waals surface area contributed by atoms with Gasteiger partial charge in [0.2, 0.25) is 0 Å². The lowest BCUT2D eigenvalue weighted by atomic mass is 10.0. The van der Waals surface area contributed by atoms with E-state index in [1.165, 1.54) is 7.11 Å². The number of amides is 1. The van der Waals surface area contributed by atoms with E-state index in [4.69, 9.17) is 9.47 Å². The van der Waals surface area contributed by atoms with Crippen molar-refractivity contribution in [3.63, 3.8) is 0 Å². The van der Waals surface area contributed by atoms with Crippen LogP contribution in [0.4, 0.5) is 0 Å². The molecular weight excluding hydrogens is 396 g/mol. The smallest absolute Gasteiger partial charge is 0.354 e. The van der Waals surface area contributed by atoms with E-state index in [-0.39, 0.29) is 24.3 Å². The number of carbonyl (C=O) groups is 3. The summed E-state index contributed by atoms with van der Waals surface area (Å²) in [7, 11) is 3.05. The van der Waals surface area contributed by atoms with Gasteiger partial charge in [-0.2, -0.15) is 0 Å². The number of rotatable bonds is 7. The van der Waals surface area contributed by atoms with Gasteiger partial charge in [-0.1, -0.05) is 18.2 Å². The number of Topliss-reactive ketones (excluding diaryl/α,β-unsaturated/α-hetero) is 1.